The third-order valence-corrected chi connectivity index (χ3v) is 5.40. The summed E-state index contributed by atoms with van der Waals surface area (Å²) in [6.45, 7) is 6.50. The Bertz CT molecular complexity index is 1330. The molecule has 0 unspecified atom stereocenters. The summed E-state index contributed by atoms with van der Waals surface area (Å²) in [4.78, 5) is 22.9. The molecule has 1 aromatic carbocycles. The predicted octanol–water partition coefficient (Wildman–Crippen LogP) is 3.77. The molecule has 1 aliphatic rings. The molecule has 33 heavy (non-hydrogen) atoms. The van der Waals surface area contributed by atoms with Gasteiger partial charge in [0, 0.05) is 18.7 Å². The van der Waals surface area contributed by atoms with Gasteiger partial charge < -0.3 is 19.9 Å². The molecule has 2 N–H and O–H groups in total. The predicted molar refractivity (Wildman–Crippen MR) is 121 cm³/mol. The summed E-state index contributed by atoms with van der Waals surface area (Å²) in [5.74, 6) is 0.0547. The number of imidazole rings is 2. The monoisotopic (exact) mass is 449 g/mol. The van der Waals surface area contributed by atoms with Gasteiger partial charge in [-0.25, -0.2) is 23.7 Å². The van der Waals surface area contributed by atoms with Crippen LogP contribution >= 0.6 is 0 Å². The van der Waals surface area contributed by atoms with Gasteiger partial charge in [0.05, 0.1) is 30.0 Å². The van der Waals surface area contributed by atoms with Gasteiger partial charge in [-0.15, -0.1) is 0 Å². The van der Waals surface area contributed by atoms with Crippen LogP contribution in [-0.4, -0.2) is 53.8 Å². The van der Waals surface area contributed by atoms with Gasteiger partial charge in [-0.2, -0.15) is 5.10 Å². The molecule has 1 fully saturated rings. The quantitative estimate of drug-likeness (QED) is 0.511. The van der Waals surface area contributed by atoms with E-state index < -0.39 is 5.60 Å². The maximum absolute atomic E-state index is 13.5. The minimum absolute atomic E-state index is 0.000398. The first kappa shape index (κ1) is 20.9. The fourth-order valence-corrected chi connectivity index (χ4v) is 3.84. The lowest BCUT2D eigenvalue weighted by molar-refractivity contribution is 0.00123. The first-order valence-corrected chi connectivity index (χ1v) is 10.6. The van der Waals surface area contributed by atoms with Gasteiger partial charge in [-0.1, -0.05) is 0 Å². The highest BCUT2D eigenvalue weighted by molar-refractivity contribution is 5.77. The van der Waals surface area contributed by atoms with Gasteiger partial charge in [0.15, 0.2) is 5.65 Å². The van der Waals surface area contributed by atoms with Crippen LogP contribution in [0.25, 0.3) is 28.3 Å². The smallest absolute Gasteiger partial charge is 0.410 e. The van der Waals surface area contributed by atoms with Crippen molar-refractivity contribution in [1.29, 1.82) is 0 Å². The minimum Gasteiger partial charge on any atom is -0.444 e. The Morgan fingerprint density at radius 3 is 2.58 bits per heavy atom. The van der Waals surface area contributed by atoms with E-state index in [9.17, 15) is 9.18 Å². The molecule has 0 saturated carbocycles. The number of nitrogens with two attached hydrogens (primary N) is 1. The Morgan fingerprint density at radius 2 is 1.88 bits per heavy atom. The highest BCUT2D eigenvalue weighted by atomic mass is 19.1. The number of hydrogen-bond donors (Lipinski definition) is 1. The number of benzene rings is 1. The first-order valence-electron chi connectivity index (χ1n) is 10.6. The van der Waals surface area contributed by atoms with Crippen LogP contribution in [0, 0.1) is 5.82 Å². The summed E-state index contributed by atoms with van der Waals surface area (Å²) in [7, 11) is 0. The number of rotatable bonds is 3. The maximum atomic E-state index is 13.5. The van der Waals surface area contributed by atoms with Crippen LogP contribution in [0.15, 0.2) is 48.9 Å². The number of nitrogens with zero attached hydrogens (tertiary/aromatic N) is 6. The van der Waals surface area contributed by atoms with Crippen LogP contribution in [0.5, 0.6) is 0 Å². The summed E-state index contributed by atoms with van der Waals surface area (Å²) in [6.07, 6.45) is 3.04. The molecule has 0 spiro atoms. The molecule has 10 heteroatoms. The fraction of sp³-hybridized carbons (Fsp3) is 0.304. The van der Waals surface area contributed by atoms with Crippen molar-refractivity contribution in [2.24, 2.45) is 0 Å². The van der Waals surface area contributed by atoms with E-state index in [2.05, 4.69) is 15.1 Å². The number of hydrogen-bond acceptors (Lipinski definition) is 6. The Kier molecular flexibility index (Phi) is 4.80. The van der Waals surface area contributed by atoms with E-state index in [1.165, 1.54) is 12.1 Å². The van der Waals surface area contributed by atoms with E-state index in [1.807, 2.05) is 37.5 Å². The van der Waals surface area contributed by atoms with Crippen molar-refractivity contribution in [3.63, 3.8) is 0 Å². The van der Waals surface area contributed by atoms with Gasteiger partial charge in [0.2, 0.25) is 0 Å². The van der Waals surface area contributed by atoms with Crippen molar-refractivity contribution in [3.8, 4) is 22.6 Å². The molecule has 4 aromatic rings. The average molecular weight is 449 g/mol. The third kappa shape index (κ3) is 3.99. The summed E-state index contributed by atoms with van der Waals surface area (Å²) < 4.78 is 22.6. The van der Waals surface area contributed by atoms with Crippen molar-refractivity contribution in [2.45, 2.75) is 32.4 Å². The van der Waals surface area contributed by atoms with Crippen molar-refractivity contribution in [3.05, 3.63) is 54.7 Å². The number of carbonyl (C=O) groups is 1. The summed E-state index contributed by atoms with van der Waals surface area (Å²) in [5.41, 5.74) is 8.76. The molecule has 5 rings (SSSR count). The molecule has 9 nitrogen and oxygen atoms in total. The number of anilines is 1. The Morgan fingerprint density at radius 1 is 1.15 bits per heavy atom. The summed E-state index contributed by atoms with van der Waals surface area (Å²) in [5, 5.41) is 4.68. The SMILES string of the molecule is CC(C)(C)OC(=O)N1CC(n2cnc(-c3ccc(F)cc3)c2-c2ccc3nc(N)cn3n2)C1. The molecular weight excluding hydrogens is 425 g/mol. The third-order valence-electron chi connectivity index (χ3n) is 5.40. The molecule has 4 heterocycles. The van der Waals surface area contributed by atoms with Gasteiger partial charge in [-0.05, 0) is 57.2 Å². The minimum atomic E-state index is -0.552. The number of fused-ring (bicyclic) bond motifs is 1. The first-order chi connectivity index (χ1) is 15.7. The molecule has 170 valence electrons. The van der Waals surface area contributed by atoms with Crippen molar-refractivity contribution < 1.29 is 13.9 Å². The summed E-state index contributed by atoms with van der Waals surface area (Å²) in [6, 6.07) is 9.86. The van der Waals surface area contributed by atoms with Gasteiger partial charge >= 0.3 is 6.09 Å². The van der Waals surface area contributed by atoms with E-state index in [0.717, 1.165) is 11.3 Å². The molecular formula is C23H24FN7O2. The van der Waals surface area contributed by atoms with E-state index in [-0.39, 0.29) is 18.0 Å². The maximum Gasteiger partial charge on any atom is 0.410 e. The summed E-state index contributed by atoms with van der Waals surface area (Å²) >= 11 is 0. The van der Waals surface area contributed by atoms with E-state index in [1.54, 1.807) is 34.1 Å². The fourth-order valence-electron chi connectivity index (χ4n) is 3.84. The van der Waals surface area contributed by atoms with Crippen LogP contribution in [-0.2, 0) is 4.74 Å². The second-order valence-corrected chi connectivity index (χ2v) is 9.08. The van der Waals surface area contributed by atoms with Crippen molar-refractivity contribution in [1.82, 2.24) is 29.0 Å². The topological polar surface area (TPSA) is 104 Å². The molecule has 1 amide bonds. The number of carbonyl (C=O) groups excluding carboxylic acids is 1. The molecule has 0 radical (unpaired) electrons. The molecule has 3 aromatic heterocycles. The number of halogens is 1. The number of amides is 1. The Balaban J connectivity index is 1.52. The second kappa shape index (κ2) is 7.58. The Hall–Kier alpha value is -3.95. The van der Waals surface area contributed by atoms with E-state index in [0.29, 0.717) is 35.9 Å². The molecule has 0 aliphatic carbocycles. The average Bonchev–Trinajstić information content (AvgIpc) is 3.28. The van der Waals surface area contributed by atoms with Gasteiger partial charge in [0.25, 0.3) is 0 Å². The highest BCUT2D eigenvalue weighted by Gasteiger charge is 2.36. The van der Waals surface area contributed by atoms with Crippen LogP contribution in [0.2, 0.25) is 0 Å². The van der Waals surface area contributed by atoms with Gasteiger partial charge in [-0.3, -0.25) is 0 Å². The van der Waals surface area contributed by atoms with Crippen LogP contribution in [0.3, 0.4) is 0 Å². The van der Waals surface area contributed by atoms with E-state index in [4.69, 9.17) is 10.5 Å². The zero-order valence-corrected chi connectivity index (χ0v) is 18.6. The molecule has 0 atom stereocenters. The molecule has 1 saturated heterocycles. The van der Waals surface area contributed by atoms with Gasteiger partial charge in [0.1, 0.15) is 22.9 Å². The lowest BCUT2D eigenvalue weighted by atomic mass is 10.1. The van der Waals surface area contributed by atoms with Crippen LogP contribution in [0.1, 0.15) is 26.8 Å². The largest absolute Gasteiger partial charge is 0.444 e. The zero-order chi connectivity index (χ0) is 23.3. The number of ether oxygens (including phenoxy) is 1. The normalized spacial score (nSPS) is 14.5. The van der Waals surface area contributed by atoms with Crippen molar-refractivity contribution >= 4 is 17.6 Å². The van der Waals surface area contributed by atoms with E-state index >= 15 is 0 Å². The van der Waals surface area contributed by atoms with Crippen LogP contribution < -0.4 is 5.73 Å². The zero-order valence-electron chi connectivity index (χ0n) is 18.6. The number of likely N-dealkylation sites (tertiary alicyclic amines) is 1. The second-order valence-electron chi connectivity index (χ2n) is 9.08. The standard InChI is InChI=1S/C23H24FN7O2/c1-23(2,3)33-22(32)29-10-16(11-29)30-13-26-20(14-4-6-15(24)7-5-14)21(30)17-8-9-19-27-18(25)12-31(19)28-17/h4-9,12-13,16H,10-11,25H2,1-3H3. The number of nitrogen functional groups attached to an aromatic ring is 1. The van der Waals surface area contributed by atoms with Crippen LogP contribution in [0.4, 0.5) is 15.0 Å². The Labute approximate surface area is 189 Å². The van der Waals surface area contributed by atoms with Crippen molar-refractivity contribution in [2.75, 3.05) is 18.8 Å². The lowest BCUT2D eigenvalue weighted by Crippen LogP contribution is -2.52. The highest BCUT2D eigenvalue weighted by Crippen LogP contribution is 2.35. The number of aromatic nitrogens is 5. The molecule has 1 aliphatic heterocycles. The molecule has 0 bridgehead atoms. The lowest BCUT2D eigenvalue weighted by Gasteiger charge is -2.40.